The second kappa shape index (κ2) is 12.7. The molecular weight excluding hydrogens is 556 g/mol. The van der Waals surface area contributed by atoms with Crippen LogP contribution in [0.15, 0.2) is 54.9 Å². The van der Waals surface area contributed by atoms with Crippen LogP contribution in [0, 0.1) is 23.0 Å². The number of halogens is 2. The zero-order chi connectivity index (χ0) is 30.5. The smallest absolute Gasteiger partial charge is 0.274 e. The average Bonchev–Trinajstić information content (AvgIpc) is 3.42. The molecule has 0 aliphatic heterocycles. The summed E-state index contributed by atoms with van der Waals surface area (Å²) in [4.78, 5) is 30.2. The summed E-state index contributed by atoms with van der Waals surface area (Å²) in [7, 11) is 0. The van der Waals surface area contributed by atoms with Crippen LogP contribution in [0.2, 0.25) is 0 Å². The Morgan fingerprint density at radius 1 is 1.12 bits per heavy atom. The minimum Gasteiger partial charge on any atom is -0.470 e. The van der Waals surface area contributed by atoms with E-state index in [1.54, 1.807) is 13.1 Å². The number of aromatic nitrogens is 4. The van der Waals surface area contributed by atoms with Crippen molar-refractivity contribution in [2.24, 2.45) is 5.73 Å². The van der Waals surface area contributed by atoms with Gasteiger partial charge in [0.1, 0.15) is 12.2 Å². The third-order valence-corrected chi connectivity index (χ3v) is 7.14. The molecule has 4 aromatic rings. The van der Waals surface area contributed by atoms with Gasteiger partial charge in [0.25, 0.3) is 11.8 Å². The van der Waals surface area contributed by atoms with Crippen LogP contribution in [-0.2, 0) is 6.54 Å². The second-order valence-corrected chi connectivity index (χ2v) is 10.2. The Labute approximate surface area is 246 Å². The first-order valence-electron chi connectivity index (χ1n) is 13.6. The highest BCUT2D eigenvalue weighted by Gasteiger charge is 2.27. The number of nitrogens with zero attached hydrogens (tertiary/aromatic N) is 5. The highest BCUT2D eigenvalue weighted by Crippen LogP contribution is 2.28. The van der Waals surface area contributed by atoms with Crippen molar-refractivity contribution in [1.29, 1.82) is 5.26 Å². The molecule has 2 aromatic heterocycles. The zero-order valence-electron chi connectivity index (χ0n) is 23.2. The minimum atomic E-state index is -1.02. The van der Waals surface area contributed by atoms with E-state index in [1.165, 1.54) is 12.3 Å². The van der Waals surface area contributed by atoms with Crippen LogP contribution in [0.3, 0.4) is 0 Å². The number of nitrogen functional groups attached to an aromatic ring is 1. The number of rotatable bonds is 9. The molecule has 43 heavy (non-hydrogen) atoms. The predicted octanol–water partition coefficient (Wildman–Crippen LogP) is 4.03. The number of anilines is 2. The maximum absolute atomic E-state index is 13.7. The molecule has 5 rings (SSSR count). The molecule has 6 N–H and O–H groups in total. The third kappa shape index (κ3) is 6.82. The topological polar surface area (TPSA) is 178 Å². The summed E-state index contributed by atoms with van der Waals surface area (Å²) >= 11 is 0. The van der Waals surface area contributed by atoms with Gasteiger partial charge in [-0.25, -0.2) is 28.7 Å². The Kier molecular flexibility index (Phi) is 8.68. The minimum absolute atomic E-state index is 0.0524. The molecule has 0 saturated heterocycles. The lowest BCUT2D eigenvalue weighted by Crippen LogP contribution is -2.34. The molecule has 1 saturated carbocycles. The van der Waals surface area contributed by atoms with Crippen LogP contribution in [0.25, 0.3) is 11.3 Å². The largest absolute Gasteiger partial charge is 0.470 e. The first-order valence-corrected chi connectivity index (χ1v) is 13.6. The Bertz CT molecular complexity index is 1680. The number of nitrogens with two attached hydrogens (primary N) is 2. The summed E-state index contributed by atoms with van der Waals surface area (Å²) in [5, 5.41) is 15.1. The van der Waals surface area contributed by atoms with E-state index < -0.39 is 23.6 Å². The van der Waals surface area contributed by atoms with Crippen LogP contribution < -0.4 is 26.8 Å². The highest BCUT2D eigenvalue weighted by molar-refractivity contribution is 5.97. The average molecular weight is 586 g/mol. The van der Waals surface area contributed by atoms with Crippen LogP contribution in [0.5, 0.6) is 5.88 Å². The van der Waals surface area contributed by atoms with Crippen molar-refractivity contribution in [3.63, 3.8) is 0 Å². The van der Waals surface area contributed by atoms with Crippen molar-refractivity contribution in [2.45, 2.75) is 50.9 Å². The van der Waals surface area contributed by atoms with E-state index >= 15 is 0 Å². The van der Waals surface area contributed by atoms with Gasteiger partial charge in [0, 0.05) is 18.2 Å². The van der Waals surface area contributed by atoms with Crippen LogP contribution in [0.1, 0.15) is 59.5 Å². The summed E-state index contributed by atoms with van der Waals surface area (Å²) in [5.74, 6) is -2.04. The van der Waals surface area contributed by atoms with Gasteiger partial charge in [0.05, 0.1) is 24.1 Å². The SMILES string of the molecule is CC(NC(=O)c1nc(C#N)cnc1NCc1ccc(-c2cnc(N)c(OC3CCC[C@H]3N)n2)cc1)c1ccc(F)c(F)c1. The number of ether oxygens (including phenoxy) is 1. The summed E-state index contributed by atoms with van der Waals surface area (Å²) in [6, 6.07) is 12.0. The van der Waals surface area contributed by atoms with Crippen LogP contribution in [0.4, 0.5) is 20.4 Å². The molecule has 1 fully saturated rings. The lowest BCUT2D eigenvalue weighted by molar-refractivity contribution is 0.0935. The first kappa shape index (κ1) is 29.3. The molecule has 3 atom stereocenters. The zero-order valence-corrected chi connectivity index (χ0v) is 23.2. The molecule has 0 spiro atoms. The van der Waals surface area contributed by atoms with Gasteiger partial charge in [-0.05, 0) is 49.4 Å². The van der Waals surface area contributed by atoms with Gasteiger partial charge in [-0.1, -0.05) is 30.3 Å². The number of hydrogen-bond acceptors (Lipinski definition) is 10. The molecule has 1 aliphatic rings. The standard InChI is InChI=1S/C30H29F2N9O2/c1-16(19-9-10-21(31)22(32)11-19)39-29(42)26-28(38-14-20(12-33)40-26)37-13-17-5-7-18(8-6-17)24-15-36-27(35)30(41-24)43-25-4-2-3-23(25)34/h5-11,14-16,23,25H,2-4,13,34H2,1H3,(H2,35,36)(H,37,38)(H,39,42)/t16?,23-,25?/m1/s1. The number of carbonyl (C=O) groups is 1. The maximum Gasteiger partial charge on any atom is 0.274 e. The first-order chi connectivity index (χ1) is 20.7. The van der Waals surface area contributed by atoms with E-state index in [-0.39, 0.29) is 47.6 Å². The molecular formula is C30H29F2N9O2. The fraction of sp³-hybridized carbons (Fsp3) is 0.267. The van der Waals surface area contributed by atoms with E-state index in [0.717, 1.165) is 42.5 Å². The molecule has 0 bridgehead atoms. The lowest BCUT2D eigenvalue weighted by Gasteiger charge is -2.18. The van der Waals surface area contributed by atoms with Crippen molar-refractivity contribution in [2.75, 3.05) is 11.1 Å². The number of nitriles is 1. The molecule has 0 radical (unpaired) electrons. The molecule has 1 amide bonds. The second-order valence-electron chi connectivity index (χ2n) is 10.2. The van der Waals surface area contributed by atoms with Crippen molar-refractivity contribution >= 4 is 17.5 Å². The number of hydrogen-bond donors (Lipinski definition) is 4. The lowest BCUT2D eigenvalue weighted by atomic mass is 10.1. The summed E-state index contributed by atoms with van der Waals surface area (Å²) in [5.41, 5.74) is 14.5. The maximum atomic E-state index is 13.7. The fourth-order valence-electron chi connectivity index (χ4n) is 4.69. The number of amides is 1. The molecule has 2 unspecified atom stereocenters. The van der Waals surface area contributed by atoms with Gasteiger partial charge in [-0.3, -0.25) is 4.79 Å². The van der Waals surface area contributed by atoms with Crippen molar-refractivity contribution in [3.8, 4) is 23.2 Å². The van der Waals surface area contributed by atoms with E-state index in [1.807, 2.05) is 30.3 Å². The molecule has 220 valence electrons. The van der Waals surface area contributed by atoms with Gasteiger partial charge >= 0.3 is 0 Å². The number of benzene rings is 2. The third-order valence-electron chi connectivity index (χ3n) is 7.14. The number of nitrogens with one attached hydrogen (secondary N) is 2. The molecule has 11 nitrogen and oxygen atoms in total. The van der Waals surface area contributed by atoms with E-state index in [0.29, 0.717) is 11.3 Å². The Hall–Kier alpha value is -5.22. The highest BCUT2D eigenvalue weighted by atomic mass is 19.2. The van der Waals surface area contributed by atoms with Gasteiger partial charge in [0.2, 0.25) is 0 Å². The normalized spacial score (nSPS) is 16.7. The monoisotopic (exact) mass is 585 g/mol. The van der Waals surface area contributed by atoms with E-state index in [4.69, 9.17) is 16.2 Å². The molecule has 2 heterocycles. The van der Waals surface area contributed by atoms with Gasteiger partial charge in [-0.2, -0.15) is 5.26 Å². The van der Waals surface area contributed by atoms with Gasteiger partial charge in [0.15, 0.2) is 34.7 Å². The molecule has 13 heteroatoms. The van der Waals surface area contributed by atoms with Gasteiger partial charge in [-0.15, -0.1) is 0 Å². The fourth-order valence-corrected chi connectivity index (χ4v) is 4.69. The Morgan fingerprint density at radius 2 is 1.91 bits per heavy atom. The summed E-state index contributed by atoms with van der Waals surface area (Å²) in [6.07, 6.45) is 5.40. The Morgan fingerprint density at radius 3 is 2.60 bits per heavy atom. The van der Waals surface area contributed by atoms with Crippen molar-refractivity contribution < 1.29 is 18.3 Å². The van der Waals surface area contributed by atoms with Crippen molar-refractivity contribution in [3.05, 3.63) is 89.0 Å². The number of carbonyl (C=O) groups excluding carboxylic acids is 1. The summed E-state index contributed by atoms with van der Waals surface area (Å²) < 4.78 is 33.0. The Balaban J connectivity index is 1.27. The predicted molar refractivity (Wildman–Crippen MR) is 154 cm³/mol. The van der Waals surface area contributed by atoms with Crippen LogP contribution >= 0.6 is 0 Å². The van der Waals surface area contributed by atoms with Crippen molar-refractivity contribution in [1.82, 2.24) is 25.3 Å². The van der Waals surface area contributed by atoms with E-state index in [9.17, 15) is 18.8 Å². The van der Waals surface area contributed by atoms with Crippen LogP contribution in [-0.4, -0.2) is 38.0 Å². The quantitative estimate of drug-likeness (QED) is 0.224. The molecule has 2 aromatic carbocycles. The van der Waals surface area contributed by atoms with E-state index in [2.05, 4.69) is 30.6 Å². The summed E-state index contributed by atoms with van der Waals surface area (Å²) in [6.45, 7) is 1.90. The van der Waals surface area contributed by atoms with Gasteiger partial charge < -0.3 is 26.8 Å². The molecule has 1 aliphatic carbocycles.